The number of ether oxygens (including phenoxy) is 1. The maximum Gasteiger partial charge on any atom is 0.160 e. The van der Waals surface area contributed by atoms with Crippen LogP contribution in [-0.2, 0) is 0 Å². The molecule has 0 aromatic heterocycles. The molecule has 2 aromatic carbocycles. The summed E-state index contributed by atoms with van der Waals surface area (Å²) < 4.78 is 5.00. The molecule has 2 aromatic rings. The lowest BCUT2D eigenvalue weighted by Gasteiger charge is -2.18. The number of methoxy groups -OCH3 is 1. The second kappa shape index (κ2) is 5.74. The molecule has 0 aliphatic carbocycles. The zero-order chi connectivity index (χ0) is 14.7. The predicted octanol–water partition coefficient (Wildman–Crippen LogP) is 3.59. The van der Waals surface area contributed by atoms with Crippen molar-refractivity contribution in [3.05, 3.63) is 47.5 Å². The predicted molar refractivity (Wildman–Crippen MR) is 79.5 cm³/mol. The quantitative estimate of drug-likeness (QED) is 0.796. The van der Waals surface area contributed by atoms with E-state index in [0.29, 0.717) is 5.75 Å². The molecule has 2 rings (SSSR count). The molecule has 0 saturated carbocycles. The number of phenols is 2. The monoisotopic (exact) mass is 273 g/mol. The molecule has 20 heavy (non-hydrogen) atoms. The van der Waals surface area contributed by atoms with Gasteiger partial charge in [0.1, 0.15) is 5.75 Å². The number of benzene rings is 2. The van der Waals surface area contributed by atoms with E-state index in [9.17, 15) is 10.2 Å². The van der Waals surface area contributed by atoms with E-state index in [0.717, 1.165) is 16.8 Å². The smallest absolute Gasteiger partial charge is 0.160 e. The molecule has 0 bridgehead atoms. The fraction of sp³-hybridized carbons (Fsp3) is 0.250. The van der Waals surface area contributed by atoms with Crippen LogP contribution in [0.2, 0.25) is 0 Å². The van der Waals surface area contributed by atoms with E-state index in [1.54, 1.807) is 18.2 Å². The van der Waals surface area contributed by atoms with Crippen LogP contribution in [0.5, 0.6) is 17.2 Å². The van der Waals surface area contributed by atoms with Gasteiger partial charge in [-0.1, -0.05) is 12.1 Å². The largest absolute Gasteiger partial charge is 0.508 e. The Kier molecular flexibility index (Phi) is 4.03. The fourth-order valence-corrected chi connectivity index (χ4v) is 2.13. The molecule has 0 heterocycles. The Balaban J connectivity index is 2.18. The molecule has 0 spiro atoms. The van der Waals surface area contributed by atoms with Gasteiger partial charge in [0.25, 0.3) is 0 Å². The number of aromatic hydroxyl groups is 2. The first kappa shape index (κ1) is 14.1. The Morgan fingerprint density at radius 2 is 1.80 bits per heavy atom. The van der Waals surface area contributed by atoms with Gasteiger partial charge in [-0.2, -0.15) is 0 Å². The summed E-state index contributed by atoms with van der Waals surface area (Å²) in [6.45, 7) is 3.88. The standard InChI is InChI=1S/C16H19NO3/c1-10-4-6-13(14(18)8-10)11(2)17-12-5-7-16(20-3)15(19)9-12/h4-9,11,17-19H,1-3H3. The van der Waals surface area contributed by atoms with Crippen LogP contribution in [0.1, 0.15) is 24.1 Å². The Hall–Kier alpha value is -2.36. The van der Waals surface area contributed by atoms with E-state index in [1.165, 1.54) is 7.11 Å². The molecule has 0 fully saturated rings. The number of phenolic OH excluding ortho intramolecular Hbond substituents is 2. The van der Waals surface area contributed by atoms with Crippen molar-refractivity contribution < 1.29 is 14.9 Å². The van der Waals surface area contributed by atoms with Crippen molar-refractivity contribution in [2.45, 2.75) is 19.9 Å². The minimum absolute atomic E-state index is 0.0802. The molecule has 1 atom stereocenters. The minimum atomic E-state index is -0.0802. The molecule has 106 valence electrons. The van der Waals surface area contributed by atoms with Gasteiger partial charge in [0.05, 0.1) is 13.2 Å². The van der Waals surface area contributed by atoms with Crippen molar-refractivity contribution in [3.8, 4) is 17.2 Å². The number of rotatable bonds is 4. The van der Waals surface area contributed by atoms with Gasteiger partial charge in [0.15, 0.2) is 11.5 Å². The third-order valence-corrected chi connectivity index (χ3v) is 3.21. The van der Waals surface area contributed by atoms with E-state index in [-0.39, 0.29) is 17.5 Å². The summed E-state index contributed by atoms with van der Waals surface area (Å²) >= 11 is 0. The van der Waals surface area contributed by atoms with Gasteiger partial charge >= 0.3 is 0 Å². The van der Waals surface area contributed by atoms with Crippen LogP contribution in [0, 0.1) is 6.92 Å². The summed E-state index contributed by atoms with van der Waals surface area (Å²) in [7, 11) is 1.51. The molecule has 1 unspecified atom stereocenters. The third-order valence-electron chi connectivity index (χ3n) is 3.21. The summed E-state index contributed by atoms with van der Waals surface area (Å²) in [5.41, 5.74) is 2.59. The summed E-state index contributed by atoms with van der Waals surface area (Å²) in [5.74, 6) is 0.780. The average molecular weight is 273 g/mol. The highest BCUT2D eigenvalue weighted by Crippen LogP contribution is 2.32. The zero-order valence-corrected chi connectivity index (χ0v) is 11.8. The maximum absolute atomic E-state index is 9.97. The molecule has 4 heteroatoms. The van der Waals surface area contributed by atoms with E-state index in [2.05, 4.69) is 5.32 Å². The van der Waals surface area contributed by atoms with Crippen LogP contribution in [0.25, 0.3) is 0 Å². The number of aryl methyl sites for hydroxylation is 1. The van der Waals surface area contributed by atoms with E-state index >= 15 is 0 Å². The maximum atomic E-state index is 9.97. The van der Waals surface area contributed by atoms with Gasteiger partial charge in [-0.05, 0) is 37.6 Å². The first-order chi connectivity index (χ1) is 9.51. The zero-order valence-electron chi connectivity index (χ0n) is 11.8. The Morgan fingerprint density at radius 3 is 2.40 bits per heavy atom. The Bertz CT molecular complexity index is 611. The van der Waals surface area contributed by atoms with E-state index in [4.69, 9.17) is 4.74 Å². The van der Waals surface area contributed by atoms with Crippen molar-refractivity contribution in [1.82, 2.24) is 0 Å². The average Bonchev–Trinajstić information content (AvgIpc) is 2.38. The third kappa shape index (κ3) is 2.96. The summed E-state index contributed by atoms with van der Waals surface area (Å²) in [6, 6.07) is 10.6. The molecule has 0 aliphatic heterocycles. The molecule has 4 nitrogen and oxygen atoms in total. The topological polar surface area (TPSA) is 61.7 Å². The number of hydrogen-bond acceptors (Lipinski definition) is 4. The van der Waals surface area contributed by atoms with E-state index in [1.807, 2.05) is 32.0 Å². The lowest BCUT2D eigenvalue weighted by Crippen LogP contribution is -2.06. The SMILES string of the molecule is COc1ccc(NC(C)c2ccc(C)cc2O)cc1O. The normalized spacial score (nSPS) is 11.9. The second-order valence-corrected chi connectivity index (χ2v) is 4.81. The highest BCUT2D eigenvalue weighted by molar-refractivity contribution is 5.55. The molecule has 3 N–H and O–H groups in total. The van der Waals surface area contributed by atoms with Gasteiger partial charge in [0.2, 0.25) is 0 Å². The minimum Gasteiger partial charge on any atom is -0.508 e. The molecule has 0 aliphatic rings. The first-order valence-corrected chi connectivity index (χ1v) is 6.44. The number of anilines is 1. The summed E-state index contributed by atoms with van der Waals surface area (Å²) in [6.07, 6.45) is 0. The van der Waals surface area contributed by atoms with Gasteiger partial charge in [-0.15, -0.1) is 0 Å². The van der Waals surface area contributed by atoms with Crippen molar-refractivity contribution in [2.75, 3.05) is 12.4 Å². The molecule has 0 saturated heterocycles. The van der Waals surface area contributed by atoms with Crippen LogP contribution in [-0.4, -0.2) is 17.3 Å². The van der Waals surface area contributed by atoms with E-state index < -0.39 is 0 Å². The van der Waals surface area contributed by atoms with Crippen LogP contribution in [0.3, 0.4) is 0 Å². The van der Waals surface area contributed by atoms with Crippen molar-refractivity contribution in [2.24, 2.45) is 0 Å². The molecular formula is C16H19NO3. The van der Waals surface area contributed by atoms with Crippen molar-refractivity contribution in [3.63, 3.8) is 0 Å². The van der Waals surface area contributed by atoms with Crippen molar-refractivity contribution >= 4 is 5.69 Å². The lowest BCUT2D eigenvalue weighted by molar-refractivity contribution is 0.373. The Morgan fingerprint density at radius 1 is 1.05 bits per heavy atom. The van der Waals surface area contributed by atoms with Gasteiger partial charge < -0.3 is 20.3 Å². The van der Waals surface area contributed by atoms with Crippen LogP contribution >= 0.6 is 0 Å². The van der Waals surface area contributed by atoms with Gasteiger partial charge in [0, 0.05) is 17.3 Å². The number of hydrogen-bond donors (Lipinski definition) is 3. The highest BCUT2D eigenvalue weighted by atomic mass is 16.5. The second-order valence-electron chi connectivity index (χ2n) is 4.81. The molecule has 0 radical (unpaired) electrons. The fourth-order valence-electron chi connectivity index (χ4n) is 2.13. The van der Waals surface area contributed by atoms with Crippen LogP contribution in [0.4, 0.5) is 5.69 Å². The van der Waals surface area contributed by atoms with Crippen LogP contribution in [0.15, 0.2) is 36.4 Å². The highest BCUT2D eigenvalue weighted by Gasteiger charge is 2.11. The molecular weight excluding hydrogens is 254 g/mol. The van der Waals surface area contributed by atoms with Crippen LogP contribution < -0.4 is 10.1 Å². The number of nitrogens with one attached hydrogen (secondary N) is 1. The van der Waals surface area contributed by atoms with Gasteiger partial charge in [-0.3, -0.25) is 0 Å². The Labute approximate surface area is 118 Å². The first-order valence-electron chi connectivity index (χ1n) is 6.44. The summed E-state index contributed by atoms with van der Waals surface area (Å²) in [5, 5.41) is 23.0. The lowest BCUT2D eigenvalue weighted by atomic mass is 10.0. The summed E-state index contributed by atoms with van der Waals surface area (Å²) in [4.78, 5) is 0. The van der Waals surface area contributed by atoms with Gasteiger partial charge in [-0.25, -0.2) is 0 Å². The van der Waals surface area contributed by atoms with Crippen molar-refractivity contribution in [1.29, 1.82) is 0 Å². The molecule has 0 amide bonds.